The molecule has 2 N–H and O–H groups in total. The maximum Gasteiger partial charge on any atom is 0.411 e. The molecule has 1 atom stereocenters. The average molecular weight is 530 g/mol. The molecule has 0 radical (unpaired) electrons. The first-order valence-corrected chi connectivity index (χ1v) is 9.44. The Labute approximate surface area is 189 Å². The Morgan fingerprint density at radius 2 is 1.69 bits per heavy atom. The van der Waals surface area contributed by atoms with Crippen molar-refractivity contribution in [2.75, 3.05) is 34.3 Å². The van der Waals surface area contributed by atoms with Crippen LogP contribution in [0.3, 0.4) is 0 Å². The smallest absolute Gasteiger partial charge is 0.367 e. The zero-order valence-electron chi connectivity index (χ0n) is 17.8. The van der Waals surface area contributed by atoms with Gasteiger partial charge >= 0.3 is 6.18 Å². The van der Waals surface area contributed by atoms with Crippen LogP contribution < -0.4 is 10.6 Å². The molecule has 0 fully saturated rings. The molecule has 5 nitrogen and oxygen atoms in total. The first kappa shape index (κ1) is 27.9. The molecule has 0 amide bonds. The van der Waals surface area contributed by atoms with Crippen LogP contribution in [-0.4, -0.2) is 57.4 Å². The van der Waals surface area contributed by atoms with Crippen molar-refractivity contribution in [2.45, 2.75) is 45.6 Å². The Kier molecular flexibility index (Phi) is 13.5. The van der Waals surface area contributed by atoms with Crippen LogP contribution >= 0.6 is 24.0 Å². The van der Waals surface area contributed by atoms with Gasteiger partial charge < -0.3 is 20.3 Å². The van der Waals surface area contributed by atoms with Gasteiger partial charge in [0.15, 0.2) is 5.96 Å². The van der Waals surface area contributed by atoms with E-state index in [2.05, 4.69) is 53.2 Å². The summed E-state index contributed by atoms with van der Waals surface area (Å²) in [6, 6.07) is 7.69. The van der Waals surface area contributed by atoms with Crippen LogP contribution in [0, 0.1) is 5.92 Å². The maximum absolute atomic E-state index is 12.1. The zero-order chi connectivity index (χ0) is 21.2. The third-order valence-corrected chi connectivity index (χ3v) is 4.22. The fourth-order valence-corrected chi connectivity index (χ4v) is 2.68. The minimum absolute atomic E-state index is 0. The molecule has 0 saturated heterocycles. The highest BCUT2D eigenvalue weighted by atomic mass is 127. The maximum atomic E-state index is 12.1. The number of guanidine groups is 1. The van der Waals surface area contributed by atoms with Crippen molar-refractivity contribution in [1.82, 2.24) is 15.5 Å². The number of nitrogens with zero attached hydrogens (tertiary/aromatic N) is 2. The molecule has 9 heteroatoms. The van der Waals surface area contributed by atoms with Gasteiger partial charge in [-0.3, -0.25) is 4.99 Å². The normalized spacial score (nSPS) is 13.4. The number of hydrogen-bond acceptors (Lipinski definition) is 3. The van der Waals surface area contributed by atoms with Crippen LogP contribution in [0.2, 0.25) is 0 Å². The van der Waals surface area contributed by atoms with Crippen LogP contribution in [-0.2, 0) is 17.9 Å². The topological polar surface area (TPSA) is 48.9 Å². The molecule has 168 valence electrons. The largest absolute Gasteiger partial charge is 0.411 e. The number of hydrogen-bond donors (Lipinski definition) is 2. The molecule has 0 saturated carbocycles. The first-order chi connectivity index (χ1) is 13.1. The van der Waals surface area contributed by atoms with Crippen molar-refractivity contribution in [3.63, 3.8) is 0 Å². The molecule has 0 aliphatic rings. The van der Waals surface area contributed by atoms with Crippen LogP contribution in [0.5, 0.6) is 0 Å². The van der Waals surface area contributed by atoms with Crippen molar-refractivity contribution in [3.8, 4) is 0 Å². The van der Waals surface area contributed by atoms with E-state index < -0.39 is 12.8 Å². The summed E-state index contributed by atoms with van der Waals surface area (Å²) in [5.74, 6) is 1.33. The highest BCUT2D eigenvalue weighted by Gasteiger charge is 2.27. The van der Waals surface area contributed by atoms with Crippen LogP contribution in [0.4, 0.5) is 13.2 Å². The Morgan fingerprint density at radius 3 is 2.17 bits per heavy atom. The van der Waals surface area contributed by atoms with E-state index in [1.807, 2.05) is 12.1 Å². The number of ether oxygens (including phenoxy) is 1. The van der Waals surface area contributed by atoms with E-state index in [1.54, 1.807) is 19.2 Å². The summed E-state index contributed by atoms with van der Waals surface area (Å²) < 4.78 is 41.0. The Bertz CT molecular complexity index is 592. The summed E-state index contributed by atoms with van der Waals surface area (Å²) in [5, 5.41) is 6.61. The number of nitrogens with one attached hydrogen (secondary N) is 2. The molecule has 0 bridgehead atoms. The average Bonchev–Trinajstić information content (AvgIpc) is 2.60. The number of rotatable bonds is 10. The van der Waals surface area contributed by atoms with Crippen molar-refractivity contribution >= 4 is 29.9 Å². The van der Waals surface area contributed by atoms with Gasteiger partial charge in [0.05, 0.1) is 6.61 Å². The second-order valence-corrected chi connectivity index (χ2v) is 7.48. The molecule has 29 heavy (non-hydrogen) atoms. The zero-order valence-corrected chi connectivity index (χ0v) is 20.2. The standard InChI is InChI=1S/C20H33F3N4O.HI/c1-15(2)10-18(27(4)5)12-26-19(24-3)25-11-16-6-8-17(9-7-16)13-28-14-20(21,22)23;/h6-9,15,18H,10-14H2,1-5H3,(H2,24,25,26);1H. The van der Waals surface area contributed by atoms with E-state index in [0.29, 0.717) is 30.0 Å². The van der Waals surface area contributed by atoms with Crippen molar-refractivity contribution in [2.24, 2.45) is 10.9 Å². The van der Waals surface area contributed by atoms with E-state index in [4.69, 9.17) is 0 Å². The lowest BCUT2D eigenvalue weighted by Crippen LogP contribution is -2.45. The van der Waals surface area contributed by atoms with Gasteiger partial charge in [-0.1, -0.05) is 38.1 Å². The predicted molar refractivity (Wildman–Crippen MR) is 123 cm³/mol. The molecule has 0 aliphatic carbocycles. The second kappa shape index (κ2) is 14.0. The van der Waals surface area contributed by atoms with E-state index in [0.717, 1.165) is 18.5 Å². The molecule has 1 aromatic carbocycles. The van der Waals surface area contributed by atoms with Crippen molar-refractivity contribution < 1.29 is 17.9 Å². The van der Waals surface area contributed by atoms with Gasteiger partial charge in [-0.05, 0) is 37.6 Å². The summed E-state index contributed by atoms with van der Waals surface area (Å²) >= 11 is 0. The minimum Gasteiger partial charge on any atom is -0.367 e. The molecule has 0 aliphatic heterocycles. The quantitative estimate of drug-likeness (QED) is 0.273. The Hall–Kier alpha value is -1.07. The summed E-state index contributed by atoms with van der Waals surface area (Å²) in [5.41, 5.74) is 1.71. The summed E-state index contributed by atoms with van der Waals surface area (Å²) in [6.45, 7) is 4.49. The van der Waals surface area contributed by atoms with E-state index >= 15 is 0 Å². The second-order valence-electron chi connectivity index (χ2n) is 7.48. The summed E-state index contributed by atoms with van der Waals surface area (Å²) in [6.07, 6.45) is -3.21. The summed E-state index contributed by atoms with van der Waals surface area (Å²) in [7, 11) is 5.87. The predicted octanol–water partition coefficient (Wildman–Crippen LogP) is 4.02. The molecule has 1 unspecified atom stereocenters. The van der Waals surface area contributed by atoms with Crippen molar-refractivity contribution in [1.29, 1.82) is 0 Å². The fourth-order valence-electron chi connectivity index (χ4n) is 2.68. The van der Waals surface area contributed by atoms with Crippen LogP contribution in [0.1, 0.15) is 31.4 Å². The number of likely N-dealkylation sites (N-methyl/N-ethyl adjacent to an activating group) is 1. The highest BCUT2D eigenvalue weighted by Crippen LogP contribution is 2.16. The fraction of sp³-hybridized carbons (Fsp3) is 0.650. The van der Waals surface area contributed by atoms with Gasteiger partial charge in [-0.15, -0.1) is 24.0 Å². The summed E-state index contributed by atoms with van der Waals surface area (Å²) in [4.78, 5) is 6.45. The number of aliphatic imine (C=N–C) groups is 1. The van der Waals surface area contributed by atoms with Gasteiger partial charge in [0.2, 0.25) is 0 Å². The van der Waals surface area contributed by atoms with Gasteiger partial charge in [-0.25, -0.2) is 0 Å². The molecule has 1 aromatic rings. The highest BCUT2D eigenvalue weighted by molar-refractivity contribution is 14.0. The lowest BCUT2D eigenvalue weighted by Gasteiger charge is -2.27. The Balaban J connectivity index is 0.00000784. The van der Waals surface area contributed by atoms with E-state index in [9.17, 15) is 13.2 Å². The third kappa shape index (κ3) is 13.0. The Morgan fingerprint density at radius 1 is 1.10 bits per heavy atom. The van der Waals surface area contributed by atoms with E-state index in [1.165, 1.54) is 0 Å². The third-order valence-electron chi connectivity index (χ3n) is 4.22. The molecular weight excluding hydrogens is 496 g/mol. The molecule has 0 spiro atoms. The molecular formula is C20H34F3IN4O. The van der Waals surface area contributed by atoms with Crippen molar-refractivity contribution in [3.05, 3.63) is 35.4 Å². The van der Waals surface area contributed by atoms with Gasteiger partial charge in [0.1, 0.15) is 6.61 Å². The van der Waals surface area contributed by atoms with Gasteiger partial charge in [0, 0.05) is 26.2 Å². The first-order valence-electron chi connectivity index (χ1n) is 9.44. The van der Waals surface area contributed by atoms with Gasteiger partial charge in [-0.2, -0.15) is 13.2 Å². The molecule has 1 rings (SSSR count). The SMILES string of the molecule is CN=C(NCc1ccc(COCC(F)(F)F)cc1)NCC(CC(C)C)N(C)C.I. The number of benzene rings is 1. The van der Waals surface area contributed by atoms with E-state index in [-0.39, 0.29) is 30.6 Å². The lowest BCUT2D eigenvalue weighted by atomic mass is 10.0. The monoisotopic (exact) mass is 530 g/mol. The van der Waals surface area contributed by atoms with Crippen LogP contribution in [0.15, 0.2) is 29.3 Å². The van der Waals surface area contributed by atoms with Gasteiger partial charge in [0.25, 0.3) is 0 Å². The number of halogens is 4. The minimum atomic E-state index is -4.30. The van der Waals surface area contributed by atoms with Crippen LogP contribution in [0.25, 0.3) is 0 Å². The molecule has 0 heterocycles. The number of alkyl halides is 3. The lowest BCUT2D eigenvalue weighted by molar-refractivity contribution is -0.176. The molecule has 0 aromatic heterocycles.